The zero-order valence-electron chi connectivity index (χ0n) is 8.04. The first-order valence-corrected chi connectivity index (χ1v) is 4.43. The topological polar surface area (TPSA) is 29.5 Å². The van der Waals surface area contributed by atoms with E-state index in [1.807, 2.05) is 11.9 Å². The molecule has 0 aromatic heterocycles. The predicted molar refractivity (Wildman–Crippen MR) is 46.9 cm³/mol. The van der Waals surface area contributed by atoms with E-state index >= 15 is 0 Å². The van der Waals surface area contributed by atoms with Crippen molar-refractivity contribution in [2.45, 2.75) is 38.3 Å². The van der Waals surface area contributed by atoms with Crippen LogP contribution in [0.25, 0.3) is 0 Å². The van der Waals surface area contributed by atoms with E-state index in [9.17, 15) is 4.79 Å². The molecule has 0 bridgehead atoms. The van der Waals surface area contributed by atoms with Crippen LogP contribution in [-0.4, -0.2) is 37.1 Å². The first-order chi connectivity index (χ1) is 5.65. The van der Waals surface area contributed by atoms with Crippen molar-refractivity contribution in [2.75, 3.05) is 14.2 Å². The molecule has 3 nitrogen and oxygen atoms in total. The van der Waals surface area contributed by atoms with E-state index < -0.39 is 0 Å². The highest BCUT2D eigenvalue weighted by molar-refractivity contribution is 5.77. The molecule has 0 aromatic carbocycles. The van der Waals surface area contributed by atoms with Gasteiger partial charge < -0.3 is 9.64 Å². The molecule has 1 heterocycles. The van der Waals surface area contributed by atoms with Gasteiger partial charge in [-0.1, -0.05) is 0 Å². The summed E-state index contributed by atoms with van der Waals surface area (Å²) in [7, 11) is 3.54. The van der Waals surface area contributed by atoms with Gasteiger partial charge in [0.1, 0.15) is 0 Å². The Morgan fingerprint density at radius 3 is 2.75 bits per heavy atom. The monoisotopic (exact) mass is 171 g/mol. The first-order valence-electron chi connectivity index (χ1n) is 4.43. The standard InChI is InChI=1S/C9H17NO2/c1-7-4-5-8(12-3)6-9(11)10(7)2/h7-8H,4-6H2,1-3H3. The second-order valence-electron chi connectivity index (χ2n) is 3.49. The van der Waals surface area contributed by atoms with Crippen molar-refractivity contribution < 1.29 is 9.53 Å². The number of amides is 1. The molecule has 1 aliphatic heterocycles. The van der Waals surface area contributed by atoms with E-state index in [0.717, 1.165) is 12.8 Å². The Bertz CT molecular complexity index is 170. The quantitative estimate of drug-likeness (QED) is 0.589. The summed E-state index contributed by atoms with van der Waals surface area (Å²) in [4.78, 5) is 13.3. The van der Waals surface area contributed by atoms with Crippen LogP contribution < -0.4 is 0 Å². The minimum atomic E-state index is 0.130. The summed E-state index contributed by atoms with van der Waals surface area (Å²) in [6.45, 7) is 2.08. The van der Waals surface area contributed by atoms with Gasteiger partial charge in [0.05, 0.1) is 12.5 Å². The number of hydrogen-bond acceptors (Lipinski definition) is 2. The van der Waals surface area contributed by atoms with Crippen LogP contribution in [0.3, 0.4) is 0 Å². The van der Waals surface area contributed by atoms with Crippen LogP contribution in [0.2, 0.25) is 0 Å². The SMILES string of the molecule is COC1CCC(C)N(C)C(=O)C1. The van der Waals surface area contributed by atoms with Crippen molar-refractivity contribution in [2.24, 2.45) is 0 Å². The van der Waals surface area contributed by atoms with Gasteiger partial charge in [0.2, 0.25) is 5.91 Å². The van der Waals surface area contributed by atoms with Crippen LogP contribution in [0.5, 0.6) is 0 Å². The number of nitrogens with zero attached hydrogens (tertiary/aromatic N) is 1. The lowest BCUT2D eigenvalue weighted by atomic mass is 10.1. The fourth-order valence-electron chi connectivity index (χ4n) is 1.51. The molecule has 70 valence electrons. The molecule has 1 saturated heterocycles. The van der Waals surface area contributed by atoms with Gasteiger partial charge >= 0.3 is 0 Å². The zero-order valence-corrected chi connectivity index (χ0v) is 8.04. The molecule has 0 aliphatic carbocycles. The molecule has 0 spiro atoms. The fourth-order valence-corrected chi connectivity index (χ4v) is 1.51. The van der Waals surface area contributed by atoms with Crippen molar-refractivity contribution >= 4 is 5.91 Å². The lowest BCUT2D eigenvalue weighted by Crippen LogP contribution is -2.33. The van der Waals surface area contributed by atoms with Gasteiger partial charge in [-0.05, 0) is 19.8 Å². The lowest BCUT2D eigenvalue weighted by Gasteiger charge is -2.21. The normalized spacial score (nSPS) is 31.9. The van der Waals surface area contributed by atoms with Crippen LogP contribution in [-0.2, 0) is 9.53 Å². The van der Waals surface area contributed by atoms with Crippen LogP contribution >= 0.6 is 0 Å². The van der Waals surface area contributed by atoms with E-state index in [4.69, 9.17) is 4.74 Å². The number of hydrogen-bond donors (Lipinski definition) is 0. The Balaban J connectivity index is 2.59. The lowest BCUT2D eigenvalue weighted by molar-refractivity contribution is -0.132. The van der Waals surface area contributed by atoms with E-state index in [1.54, 1.807) is 7.11 Å². The van der Waals surface area contributed by atoms with Crippen molar-refractivity contribution in [3.63, 3.8) is 0 Å². The summed E-state index contributed by atoms with van der Waals surface area (Å²) in [5.74, 6) is 0.201. The molecule has 1 fully saturated rings. The summed E-state index contributed by atoms with van der Waals surface area (Å²) in [6, 6.07) is 0.359. The molecule has 0 saturated carbocycles. The van der Waals surface area contributed by atoms with Crippen LogP contribution in [0, 0.1) is 0 Å². The number of rotatable bonds is 1. The van der Waals surface area contributed by atoms with E-state index in [-0.39, 0.29) is 12.0 Å². The molecule has 0 N–H and O–H groups in total. The predicted octanol–water partition coefficient (Wildman–Crippen LogP) is 1.03. The first kappa shape index (κ1) is 9.52. The van der Waals surface area contributed by atoms with Crippen molar-refractivity contribution in [1.29, 1.82) is 0 Å². The van der Waals surface area contributed by atoms with E-state index in [2.05, 4.69) is 6.92 Å². The van der Waals surface area contributed by atoms with Crippen molar-refractivity contribution in [3.05, 3.63) is 0 Å². The summed E-state index contributed by atoms with van der Waals surface area (Å²) >= 11 is 0. The Morgan fingerprint density at radius 1 is 1.50 bits per heavy atom. The molecule has 1 aliphatic rings. The highest BCUT2D eigenvalue weighted by atomic mass is 16.5. The van der Waals surface area contributed by atoms with Gasteiger partial charge in [-0.25, -0.2) is 0 Å². The minimum absolute atomic E-state index is 0.130. The summed E-state index contributed by atoms with van der Waals surface area (Å²) in [6.07, 6.45) is 2.70. The Labute approximate surface area is 73.7 Å². The van der Waals surface area contributed by atoms with Gasteiger partial charge in [-0.15, -0.1) is 0 Å². The van der Waals surface area contributed by atoms with Gasteiger partial charge in [0.25, 0.3) is 0 Å². The number of carbonyl (C=O) groups excluding carboxylic acids is 1. The highest BCUT2D eigenvalue weighted by Crippen LogP contribution is 2.17. The van der Waals surface area contributed by atoms with E-state index in [1.165, 1.54) is 0 Å². The molecule has 2 unspecified atom stereocenters. The molecule has 0 radical (unpaired) electrons. The van der Waals surface area contributed by atoms with Gasteiger partial charge in [-0.2, -0.15) is 0 Å². The van der Waals surface area contributed by atoms with Crippen LogP contribution in [0.1, 0.15) is 26.2 Å². The van der Waals surface area contributed by atoms with Crippen LogP contribution in [0.4, 0.5) is 0 Å². The zero-order chi connectivity index (χ0) is 9.14. The van der Waals surface area contributed by atoms with Gasteiger partial charge in [0, 0.05) is 20.2 Å². The third-order valence-electron chi connectivity index (χ3n) is 2.70. The second kappa shape index (κ2) is 3.90. The maximum absolute atomic E-state index is 11.4. The number of likely N-dealkylation sites (tertiary alicyclic amines) is 1. The third-order valence-corrected chi connectivity index (χ3v) is 2.70. The van der Waals surface area contributed by atoms with E-state index in [0.29, 0.717) is 12.5 Å². The molecule has 2 atom stereocenters. The number of ether oxygens (including phenoxy) is 1. The minimum Gasteiger partial charge on any atom is -0.381 e. The third kappa shape index (κ3) is 1.97. The Morgan fingerprint density at radius 2 is 2.17 bits per heavy atom. The molecule has 1 amide bonds. The average Bonchev–Trinajstić information content (AvgIpc) is 2.19. The molecule has 1 rings (SSSR count). The molecule has 3 heteroatoms. The molecular formula is C9H17NO2. The Kier molecular flexibility index (Phi) is 3.09. The summed E-state index contributed by atoms with van der Waals surface area (Å²) in [5, 5.41) is 0. The highest BCUT2D eigenvalue weighted by Gasteiger charge is 2.24. The van der Waals surface area contributed by atoms with Crippen LogP contribution in [0.15, 0.2) is 0 Å². The van der Waals surface area contributed by atoms with Crippen molar-refractivity contribution in [3.8, 4) is 0 Å². The van der Waals surface area contributed by atoms with Crippen molar-refractivity contribution in [1.82, 2.24) is 4.90 Å². The fraction of sp³-hybridized carbons (Fsp3) is 0.889. The molecule has 12 heavy (non-hydrogen) atoms. The largest absolute Gasteiger partial charge is 0.381 e. The maximum Gasteiger partial charge on any atom is 0.225 e. The molecule has 0 aromatic rings. The number of carbonyl (C=O) groups is 1. The average molecular weight is 171 g/mol. The second-order valence-corrected chi connectivity index (χ2v) is 3.49. The van der Waals surface area contributed by atoms with Gasteiger partial charge in [0.15, 0.2) is 0 Å². The summed E-state index contributed by atoms with van der Waals surface area (Å²) in [5.41, 5.74) is 0. The smallest absolute Gasteiger partial charge is 0.225 e. The number of methoxy groups -OCH3 is 1. The maximum atomic E-state index is 11.4. The Hall–Kier alpha value is -0.570. The van der Waals surface area contributed by atoms with Gasteiger partial charge in [-0.3, -0.25) is 4.79 Å². The summed E-state index contributed by atoms with van der Waals surface area (Å²) < 4.78 is 5.19. The molecular weight excluding hydrogens is 154 g/mol.